The maximum atomic E-state index is 13.6. The lowest BCUT2D eigenvalue weighted by Gasteiger charge is -2.23. The van der Waals surface area contributed by atoms with E-state index in [1.807, 2.05) is 32.0 Å². The van der Waals surface area contributed by atoms with E-state index >= 15 is 0 Å². The zero-order chi connectivity index (χ0) is 16.9. The lowest BCUT2D eigenvalue weighted by molar-refractivity contribution is 0.556. The van der Waals surface area contributed by atoms with Gasteiger partial charge in [0.05, 0.1) is 0 Å². The molecule has 0 aliphatic heterocycles. The normalized spacial score (nSPS) is 11.4. The molecule has 124 valence electrons. The smallest absolute Gasteiger partial charge is 0.243 e. The Morgan fingerprint density at radius 2 is 1.87 bits per heavy atom. The van der Waals surface area contributed by atoms with Gasteiger partial charge in [0.1, 0.15) is 10.7 Å². The highest BCUT2D eigenvalue weighted by molar-refractivity contribution is 7.89. The van der Waals surface area contributed by atoms with Crippen LogP contribution in [0.5, 0.6) is 0 Å². The van der Waals surface area contributed by atoms with Gasteiger partial charge in [-0.05, 0) is 43.7 Å². The van der Waals surface area contributed by atoms with Gasteiger partial charge in [-0.25, -0.2) is 17.5 Å². The number of benzene rings is 2. The first kappa shape index (κ1) is 17.4. The van der Waals surface area contributed by atoms with Crippen molar-refractivity contribution in [1.82, 2.24) is 4.72 Å². The third-order valence-electron chi connectivity index (χ3n) is 3.55. The predicted octanol–water partition coefficient (Wildman–Crippen LogP) is 2.94. The summed E-state index contributed by atoms with van der Waals surface area (Å²) in [7, 11) is -3.84. The van der Waals surface area contributed by atoms with Crippen molar-refractivity contribution in [2.45, 2.75) is 18.7 Å². The Balaban J connectivity index is 2.02. The van der Waals surface area contributed by atoms with Crippen molar-refractivity contribution in [2.75, 3.05) is 24.5 Å². The summed E-state index contributed by atoms with van der Waals surface area (Å²) >= 11 is 0. The Morgan fingerprint density at radius 1 is 1.13 bits per heavy atom. The van der Waals surface area contributed by atoms with Crippen LogP contribution >= 0.6 is 0 Å². The number of rotatable bonds is 7. The summed E-state index contributed by atoms with van der Waals surface area (Å²) in [5.74, 6) is -0.744. The van der Waals surface area contributed by atoms with Gasteiger partial charge in [0, 0.05) is 25.3 Å². The Labute approximate surface area is 137 Å². The molecule has 0 aromatic heterocycles. The van der Waals surface area contributed by atoms with E-state index in [1.54, 1.807) is 0 Å². The molecule has 0 aliphatic carbocycles. The van der Waals surface area contributed by atoms with Crippen molar-refractivity contribution in [2.24, 2.45) is 0 Å². The maximum Gasteiger partial charge on any atom is 0.243 e. The van der Waals surface area contributed by atoms with Crippen LogP contribution in [-0.2, 0) is 10.0 Å². The van der Waals surface area contributed by atoms with Crippen LogP contribution in [0.2, 0.25) is 0 Å². The highest BCUT2D eigenvalue weighted by Crippen LogP contribution is 2.16. The van der Waals surface area contributed by atoms with E-state index in [0.717, 1.165) is 23.9 Å². The fourth-order valence-electron chi connectivity index (χ4n) is 2.35. The van der Waals surface area contributed by atoms with E-state index in [-0.39, 0.29) is 11.4 Å². The van der Waals surface area contributed by atoms with Gasteiger partial charge in [-0.15, -0.1) is 0 Å². The molecule has 1 N–H and O–H groups in total. The maximum absolute atomic E-state index is 13.6. The van der Waals surface area contributed by atoms with E-state index in [9.17, 15) is 12.8 Å². The molecule has 0 saturated carbocycles. The zero-order valence-corrected chi connectivity index (χ0v) is 14.1. The third-order valence-corrected chi connectivity index (χ3v) is 5.04. The first-order valence-corrected chi connectivity index (χ1v) is 8.98. The van der Waals surface area contributed by atoms with Gasteiger partial charge in [0.2, 0.25) is 10.0 Å². The van der Waals surface area contributed by atoms with E-state index < -0.39 is 15.8 Å². The lowest BCUT2D eigenvalue weighted by Crippen LogP contribution is -2.35. The van der Waals surface area contributed by atoms with Crippen molar-refractivity contribution < 1.29 is 12.8 Å². The molecule has 0 heterocycles. The van der Waals surface area contributed by atoms with Crippen LogP contribution in [0.1, 0.15) is 12.5 Å². The number of aryl methyl sites for hydroxylation is 1. The summed E-state index contributed by atoms with van der Waals surface area (Å²) in [6.45, 7) is 5.49. The zero-order valence-electron chi connectivity index (χ0n) is 13.3. The second-order valence-corrected chi connectivity index (χ2v) is 6.98. The summed E-state index contributed by atoms with van der Waals surface area (Å²) in [4.78, 5) is 1.75. The summed E-state index contributed by atoms with van der Waals surface area (Å²) < 4.78 is 40.4. The van der Waals surface area contributed by atoms with E-state index in [2.05, 4.69) is 15.7 Å². The van der Waals surface area contributed by atoms with Crippen molar-refractivity contribution in [3.05, 3.63) is 59.9 Å². The molecule has 23 heavy (non-hydrogen) atoms. The van der Waals surface area contributed by atoms with E-state index in [0.29, 0.717) is 6.54 Å². The van der Waals surface area contributed by atoms with Crippen molar-refractivity contribution in [1.29, 1.82) is 0 Å². The highest BCUT2D eigenvalue weighted by Gasteiger charge is 2.18. The Kier molecular flexibility index (Phi) is 5.74. The summed E-state index contributed by atoms with van der Waals surface area (Å²) in [5, 5.41) is 0. The first-order chi connectivity index (χ1) is 10.9. The van der Waals surface area contributed by atoms with Gasteiger partial charge in [-0.2, -0.15) is 0 Å². The SMILES string of the molecule is CCN(CCNS(=O)(=O)c1ccccc1F)c1cccc(C)c1. The average Bonchev–Trinajstić information content (AvgIpc) is 2.52. The molecule has 0 fully saturated rings. The minimum atomic E-state index is -3.84. The number of nitrogens with one attached hydrogen (secondary N) is 1. The average molecular weight is 336 g/mol. The molecule has 0 atom stereocenters. The minimum absolute atomic E-state index is 0.207. The van der Waals surface area contributed by atoms with Crippen LogP contribution < -0.4 is 9.62 Å². The molecule has 2 rings (SSSR count). The van der Waals surface area contributed by atoms with Crippen molar-refractivity contribution in [3.8, 4) is 0 Å². The molecule has 0 spiro atoms. The molecule has 0 radical (unpaired) electrons. The Bertz CT molecular complexity index is 763. The Hall–Kier alpha value is -1.92. The van der Waals surface area contributed by atoms with Gasteiger partial charge in [0.25, 0.3) is 0 Å². The quantitative estimate of drug-likeness (QED) is 0.846. The van der Waals surface area contributed by atoms with E-state index in [4.69, 9.17) is 0 Å². The third kappa shape index (κ3) is 4.53. The van der Waals surface area contributed by atoms with Crippen LogP contribution in [0.25, 0.3) is 0 Å². The standard InChI is InChI=1S/C17H21FN2O2S/c1-3-20(15-8-6-7-14(2)13-15)12-11-19-23(21,22)17-10-5-4-9-16(17)18/h4-10,13,19H,3,11-12H2,1-2H3. The monoisotopic (exact) mass is 336 g/mol. The van der Waals surface area contributed by atoms with Crippen LogP contribution in [0.4, 0.5) is 10.1 Å². The van der Waals surface area contributed by atoms with Gasteiger partial charge < -0.3 is 4.90 Å². The molecule has 2 aromatic carbocycles. The van der Waals surface area contributed by atoms with Gasteiger partial charge in [0.15, 0.2) is 0 Å². The number of likely N-dealkylation sites (N-methyl/N-ethyl adjacent to an activating group) is 1. The van der Waals surface area contributed by atoms with Gasteiger partial charge in [-0.1, -0.05) is 24.3 Å². The van der Waals surface area contributed by atoms with Crippen molar-refractivity contribution in [3.63, 3.8) is 0 Å². The largest absolute Gasteiger partial charge is 0.370 e. The van der Waals surface area contributed by atoms with Gasteiger partial charge >= 0.3 is 0 Å². The highest BCUT2D eigenvalue weighted by atomic mass is 32.2. The molecular weight excluding hydrogens is 315 g/mol. The van der Waals surface area contributed by atoms with Crippen LogP contribution in [-0.4, -0.2) is 28.1 Å². The van der Waals surface area contributed by atoms with Crippen LogP contribution in [0.3, 0.4) is 0 Å². The second kappa shape index (κ2) is 7.57. The van der Waals surface area contributed by atoms with Gasteiger partial charge in [-0.3, -0.25) is 0 Å². The summed E-state index contributed by atoms with van der Waals surface area (Å²) in [6, 6.07) is 13.4. The number of nitrogens with zero attached hydrogens (tertiary/aromatic N) is 1. The number of sulfonamides is 1. The van der Waals surface area contributed by atoms with E-state index in [1.165, 1.54) is 18.2 Å². The summed E-state index contributed by atoms with van der Waals surface area (Å²) in [5.41, 5.74) is 2.19. The van der Waals surface area contributed by atoms with Crippen LogP contribution in [0.15, 0.2) is 53.4 Å². The first-order valence-electron chi connectivity index (χ1n) is 7.50. The molecule has 2 aromatic rings. The second-order valence-electron chi connectivity index (χ2n) is 5.25. The number of anilines is 1. The number of hydrogen-bond acceptors (Lipinski definition) is 3. The molecular formula is C17H21FN2O2S. The van der Waals surface area contributed by atoms with Crippen molar-refractivity contribution >= 4 is 15.7 Å². The fraction of sp³-hybridized carbons (Fsp3) is 0.294. The topological polar surface area (TPSA) is 49.4 Å². The molecule has 0 bridgehead atoms. The predicted molar refractivity (Wildman–Crippen MR) is 90.7 cm³/mol. The molecule has 6 heteroatoms. The molecule has 0 saturated heterocycles. The Morgan fingerprint density at radius 3 is 2.52 bits per heavy atom. The van der Waals surface area contributed by atoms with Crippen LogP contribution in [0, 0.1) is 12.7 Å². The minimum Gasteiger partial charge on any atom is -0.370 e. The number of halogens is 1. The summed E-state index contributed by atoms with van der Waals surface area (Å²) in [6.07, 6.45) is 0. The number of hydrogen-bond donors (Lipinski definition) is 1. The fourth-order valence-corrected chi connectivity index (χ4v) is 3.45. The molecule has 0 amide bonds. The molecule has 0 aliphatic rings. The molecule has 4 nitrogen and oxygen atoms in total. The lowest BCUT2D eigenvalue weighted by atomic mass is 10.2. The molecule has 0 unspecified atom stereocenters.